The number of carbonyl (C=O) groups is 2. The van der Waals surface area contributed by atoms with Crippen molar-refractivity contribution in [1.29, 1.82) is 0 Å². The molecule has 0 spiro atoms. The van der Waals surface area contributed by atoms with Crippen LogP contribution in [0, 0.1) is 13.8 Å². The fraction of sp³-hybridized carbons (Fsp3) is 0.138. The molecule has 0 radical (unpaired) electrons. The SMILES string of the molecule is Cc1ccc(N2C(=O)/C(=C/c3cn(CC(=O)Nc4ccc5c(c4)OCO5)c4ccccc34)SC2=S)cc1C. The van der Waals surface area contributed by atoms with Gasteiger partial charge in [-0.05, 0) is 61.4 Å². The minimum Gasteiger partial charge on any atom is -0.454 e. The summed E-state index contributed by atoms with van der Waals surface area (Å²) in [7, 11) is 0. The summed E-state index contributed by atoms with van der Waals surface area (Å²) in [6.07, 6.45) is 3.75. The van der Waals surface area contributed by atoms with Gasteiger partial charge in [0.1, 0.15) is 6.54 Å². The monoisotopic (exact) mass is 541 g/mol. The molecule has 1 N–H and O–H groups in total. The van der Waals surface area contributed by atoms with E-state index >= 15 is 0 Å². The van der Waals surface area contributed by atoms with Gasteiger partial charge in [-0.1, -0.05) is 48.2 Å². The van der Waals surface area contributed by atoms with Gasteiger partial charge in [-0.15, -0.1) is 0 Å². The lowest BCUT2D eigenvalue weighted by Gasteiger charge is -2.15. The smallest absolute Gasteiger partial charge is 0.270 e. The third kappa shape index (κ3) is 4.44. The Kier molecular flexibility index (Phi) is 6.17. The Morgan fingerprint density at radius 3 is 2.71 bits per heavy atom. The largest absolute Gasteiger partial charge is 0.454 e. The molecule has 4 aromatic rings. The van der Waals surface area contributed by atoms with Crippen LogP contribution >= 0.6 is 24.0 Å². The number of thioether (sulfide) groups is 1. The van der Waals surface area contributed by atoms with E-state index in [4.69, 9.17) is 21.7 Å². The van der Waals surface area contributed by atoms with Gasteiger partial charge in [0.05, 0.1) is 10.6 Å². The molecule has 1 fully saturated rings. The molecule has 2 aliphatic rings. The van der Waals surface area contributed by atoms with Gasteiger partial charge in [0, 0.05) is 34.4 Å². The molecule has 190 valence electrons. The van der Waals surface area contributed by atoms with Gasteiger partial charge in [-0.2, -0.15) is 0 Å². The number of rotatable bonds is 5. The van der Waals surface area contributed by atoms with E-state index in [0.717, 1.165) is 33.3 Å². The Balaban J connectivity index is 1.26. The van der Waals surface area contributed by atoms with Crippen molar-refractivity contribution >= 4 is 68.5 Å². The number of ether oxygens (including phenoxy) is 2. The highest BCUT2D eigenvalue weighted by Crippen LogP contribution is 2.38. The van der Waals surface area contributed by atoms with E-state index < -0.39 is 0 Å². The minimum atomic E-state index is -0.183. The van der Waals surface area contributed by atoms with Crippen LogP contribution in [0.2, 0.25) is 0 Å². The summed E-state index contributed by atoms with van der Waals surface area (Å²) in [4.78, 5) is 28.4. The van der Waals surface area contributed by atoms with Gasteiger partial charge < -0.3 is 19.4 Å². The number of nitrogens with one attached hydrogen (secondary N) is 1. The van der Waals surface area contributed by atoms with Crippen LogP contribution in [0.3, 0.4) is 0 Å². The fourth-order valence-corrected chi connectivity index (χ4v) is 5.84. The molecule has 6 rings (SSSR count). The number of hydrogen-bond donors (Lipinski definition) is 1. The van der Waals surface area contributed by atoms with E-state index in [1.807, 2.05) is 73.2 Å². The van der Waals surface area contributed by atoms with Crippen molar-refractivity contribution in [1.82, 2.24) is 4.57 Å². The van der Waals surface area contributed by atoms with Gasteiger partial charge in [0.15, 0.2) is 15.8 Å². The normalized spacial score (nSPS) is 15.6. The van der Waals surface area contributed by atoms with Crippen LogP contribution in [0.25, 0.3) is 17.0 Å². The summed E-state index contributed by atoms with van der Waals surface area (Å²) < 4.78 is 13.1. The summed E-state index contributed by atoms with van der Waals surface area (Å²) in [6.45, 7) is 4.33. The van der Waals surface area contributed by atoms with Crippen LogP contribution in [0.4, 0.5) is 11.4 Å². The number of hydrogen-bond acceptors (Lipinski definition) is 6. The van der Waals surface area contributed by atoms with Crippen molar-refractivity contribution in [2.45, 2.75) is 20.4 Å². The lowest BCUT2D eigenvalue weighted by atomic mass is 10.1. The second kappa shape index (κ2) is 9.66. The lowest BCUT2D eigenvalue weighted by Crippen LogP contribution is -2.27. The quantitative estimate of drug-likeness (QED) is 0.246. The number of aryl methyl sites for hydroxylation is 2. The van der Waals surface area contributed by atoms with Crippen LogP contribution in [0.5, 0.6) is 11.5 Å². The number of aromatic nitrogens is 1. The van der Waals surface area contributed by atoms with E-state index in [0.29, 0.717) is 26.4 Å². The number of carbonyl (C=O) groups excluding carboxylic acids is 2. The molecule has 0 atom stereocenters. The van der Waals surface area contributed by atoms with Gasteiger partial charge in [-0.25, -0.2) is 0 Å². The van der Waals surface area contributed by atoms with E-state index in [2.05, 4.69) is 5.32 Å². The topological polar surface area (TPSA) is 72.8 Å². The Morgan fingerprint density at radius 1 is 1.05 bits per heavy atom. The number of fused-ring (bicyclic) bond motifs is 2. The highest BCUT2D eigenvalue weighted by atomic mass is 32.2. The molecule has 38 heavy (non-hydrogen) atoms. The number of anilines is 2. The number of nitrogens with zero attached hydrogens (tertiary/aromatic N) is 2. The molecule has 0 aliphatic carbocycles. The molecular weight excluding hydrogens is 518 g/mol. The first-order valence-electron chi connectivity index (χ1n) is 12.0. The van der Waals surface area contributed by atoms with E-state index in [1.165, 1.54) is 11.8 Å². The third-order valence-corrected chi connectivity index (χ3v) is 7.92. The third-order valence-electron chi connectivity index (χ3n) is 6.62. The molecule has 2 aliphatic heterocycles. The van der Waals surface area contributed by atoms with Crippen LogP contribution in [-0.2, 0) is 16.1 Å². The zero-order valence-corrected chi connectivity index (χ0v) is 22.3. The first-order valence-corrected chi connectivity index (χ1v) is 13.2. The summed E-state index contributed by atoms with van der Waals surface area (Å²) >= 11 is 6.85. The predicted molar refractivity (Wildman–Crippen MR) is 155 cm³/mol. The van der Waals surface area contributed by atoms with Gasteiger partial charge in [-0.3, -0.25) is 14.5 Å². The van der Waals surface area contributed by atoms with Gasteiger partial charge in [0.2, 0.25) is 12.7 Å². The zero-order valence-electron chi connectivity index (χ0n) is 20.7. The van der Waals surface area contributed by atoms with Crippen molar-refractivity contribution in [2.24, 2.45) is 0 Å². The average Bonchev–Trinajstić information content (AvgIpc) is 3.57. The maximum atomic E-state index is 13.4. The number of thiocarbonyl (C=S) groups is 1. The molecule has 7 nitrogen and oxygen atoms in total. The second-order valence-corrected chi connectivity index (χ2v) is 10.8. The van der Waals surface area contributed by atoms with E-state index in [1.54, 1.807) is 23.1 Å². The molecule has 0 bridgehead atoms. The van der Waals surface area contributed by atoms with Crippen molar-refractivity contribution < 1.29 is 19.1 Å². The molecular formula is C29H23N3O4S2. The summed E-state index contributed by atoms with van der Waals surface area (Å²) in [5.74, 6) is 0.930. The van der Waals surface area contributed by atoms with Crippen molar-refractivity contribution in [3.63, 3.8) is 0 Å². The van der Waals surface area contributed by atoms with Crippen molar-refractivity contribution in [3.8, 4) is 11.5 Å². The molecule has 9 heteroatoms. The molecule has 3 heterocycles. The highest BCUT2D eigenvalue weighted by Gasteiger charge is 2.33. The Morgan fingerprint density at radius 2 is 1.87 bits per heavy atom. The Bertz CT molecular complexity index is 1670. The molecule has 1 saturated heterocycles. The number of amides is 2. The lowest BCUT2D eigenvalue weighted by molar-refractivity contribution is -0.116. The Hall–Kier alpha value is -4.08. The van der Waals surface area contributed by atoms with Gasteiger partial charge >= 0.3 is 0 Å². The maximum absolute atomic E-state index is 13.4. The maximum Gasteiger partial charge on any atom is 0.270 e. The highest BCUT2D eigenvalue weighted by molar-refractivity contribution is 8.27. The van der Waals surface area contributed by atoms with Crippen LogP contribution in [-0.4, -0.2) is 27.5 Å². The predicted octanol–water partition coefficient (Wildman–Crippen LogP) is 6.03. The standard InChI is InChI=1S/C29H23N3O4S2/c1-17-7-9-21(11-18(17)2)32-28(34)26(38-29(32)37)12-19-14-31(23-6-4-3-5-22(19)23)15-27(33)30-20-8-10-24-25(13-20)36-16-35-24/h3-14H,15-16H2,1-2H3,(H,30,33)/b26-12-. The number of benzene rings is 3. The summed E-state index contributed by atoms with van der Waals surface area (Å²) in [5, 5.41) is 3.86. The molecule has 1 aromatic heterocycles. The van der Waals surface area contributed by atoms with Crippen LogP contribution in [0.1, 0.15) is 16.7 Å². The zero-order chi connectivity index (χ0) is 26.4. The van der Waals surface area contributed by atoms with Crippen molar-refractivity contribution in [3.05, 3.63) is 88.5 Å². The fourth-order valence-electron chi connectivity index (χ4n) is 4.55. The first kappa shape index (κ1) is 24.3. The van der Waals surface area contributed by atoms with Crippen LogP contribution < -0.4 is 19.7 Å². The number of para-hydroxylation sites is 1. The molecule has 2 amide bonds. The minimum absolute atomic E-state index is 0.104. The molecule has 0 saturated carbocycles. The molecule has 3 aromatic carbocycles. The van der Waals surface area contributed by atoms with Gasteiger partial charge in [0.25, 0.3) is 5.91 Å². The summed E-state index contributed by atoms with van der Waals surface area (Å²) in [6, 6.07) is 19.0. The van der Waals surface area contributed by atoms with Crippen LogP contribution in [0.15, 0.2) is 71.8 Å². The van der Waals surface area contributed by atoms with E-state index in [9.17, 15) is 9.59 Å². The average molecular weight is 542 g/mol. The first-order chi connectivity index (χ1) is 18.4. The summed E-state index contributed by atoms with van der Waals surface area (Å²) in [5.41, 5.74) is 5.39. The van der Waals surface area contributed by atoms with Crippen molar-refractivity contribution in [2.75, 3.05) is 17.0 Å². The van der Waals surface area contributed by atoms with E-state index in [-0.39, 0.29) is 25.2 Å². The molecule has 0 unspecified atom stereocenters. The Labute approximate surface area is 229 Å². The second-order valence-electron chi connectivity index (χ2n) is 9.13.